The molecule has 0 saturated carbocycles. The second kappa shape index (κ2) is 9.61. The number of ether oxygens (including phenoxy) is 1. The van der Waals surface area contributed by atoms with Crippen LogP contribution in [0.25, 0.3) is 0 Å². The number of hydrogen-bond donors (Lipinski definition) is 1. The number of hydrogen-bond acceptors (Lipinski definition) is 6. The van der Waals surface area contributed by atoms with E-state index in [1.165, 1.54) is 18.3 Å². The van der Waals surface area contributed by atoms with Crippen molar-refractivity contribution in [2.24, 2.45) is 5.10 Å². The molecule has 1 N–H and O–H groups in total. The molecular formula is C19H15ClFN5O4. The van der Waals surface area contributed by atoms with Gasteiger partial charge in [0.1, 0.15) is 37.1 Å². The first-order chi connectivity index (χ1) is 14.4. The minimum absolute atomic E-state index is 0.0428. The van der Waals surface area contributed by atoms with Crippen LogP contribution in [0, 0.1) is 15.9 Å². The van der Waals surface area contributed by atoms with E-state index >= 15 is 0 Å². The highest BCUT2D eigenvalue weighted by atomic mass is 35.5. The maximum Gasteiger partial charge on any atom is 0.307 e. The molecule has 0 atom stereocenters. The molecule has 9 nitrogen and oxygen atoms in total. The van der Waals surface area contributed by atoms with Crippen LogP contribution in [0.3, 0.4) is 0 Å². The Bertz CT molecular complexity index is 1080. The van der Waals surface area contributed by atoms with Gasteiger partial charge in [0.15, 0.2) is 0 Å². The van der Waals surface area contributed by atoms with Gasteiger partial charge in [0, 0.05) is 5.56 Å². The van der Waals surface area contributed by atoms with Crippen molar-refractivity contribution in [3.8, 4) is 5.75 Å². The Kier molecular flexibility index (Phi) is 6.71. The van der Waals surface area contributed by atoms with Crippen molar-refractivity contribution >= 4 is 29.4 Å². The van der Waals surface area contributed by atoms with Crippen molar-refractivity contribution in [2.75, 3.05) is 0 Å². The summed E-state index contributed by atoms with van der Waals surface area (Å²) in [5.74, 6) is -0.496. The lowest BCUT2D eigenvalue weighted by atomic mass is 10.2. The van der Waals surface area contributed by atoms with E-state index < -0.39 is 16.6 Å². The summed E-state index contributed by atoms with van der Waals surface area (Å²) in [5, 5.41) is 18.4. The number of benzene rings is 2. The largest absolute Gasteiger partial charge is 0.489 e. The van der Waals surface area contributed by atoms with Gasteiger partial charge in [-0.25, -0.2) is 9.82 Å². The first-order valence-corrected chi connectivity index (χ1v) is 8.94. The fourth-order valence-electron chi connectivity index (χ4n) is 2.41. The van der Waals surface area contributed by atoms with Crippen LogP contribution < -0.4 is 10.2 Å². The summed E-state index contributed by atoms with van der Waals surface area (Å²) in [6.07, 6.45) is 3.59. The second-order valence-corrected chi connectivity index (χ2v) is 6.41. The maximum absolute atomic E-state index is 13.8. The number of rotatable bonds is 8. The van der Waals surface area contributed by atoms with Gasteiger partial charge in [0.2, 0.25) is 0 Å². The van der Waals surface area contributed by atoms with E-state index in [1.807, 2.05) is 0 Å². The summed E-state index contributed by atoms with van der Waals surface area (Å²) in [6.45, 7) is -0.267. The fourth-order valence-corrected chi connectivity index (χ4v) is 2.62. The SMILES string of the molecule is O=C(Cn1cc([N+](=O)[O-])cn1)NN=Cc1cccc(OCc2c(F)cccc2Cl)c1. The Morgan fingerprint density at radius 3 is 2.90 bits per heavy atom. The Hall–Kier alpha value is -3.79. The number of hydrazone groups is 1. The van der Waals surface area contributed by atoms with Gasteiger partial charge in [-0.3, -0.25) is 19.6 Å². The van der Waals surface area contributed by atoms with Crippen molar-refractivity contribution in [1.29, 1.82) is 0 Å². The van der Waals surface area contributed by atoms with Gasteiger partial charge in [0.25, 0.3) is 5.91 Å². The smallest absolute Gasteiger partial charge is 0.307 e. The molecule has 0 aliphatic carbocycles. The van der Waals surface area contributed by atoms with E-state index in [0.717, 1.165) is 17.1 Å². The van der Waals surface area contributed by atoms with Gasteiger partial charge in [-0.2, -0.15) is 10.2 Å². The van der Waals surface area contributed by atoms with Crippen LogP contribution in [-0.2, 0) is 17.9 Å². The monoisotopic (exact) mass is 431 g/mol. The summed E-state index contributed by atoms with van der Waals surface area (Å²) in [6, 6.07) is 11.2. The number of amides is 1. The standard InChI is InChI=1S/C19H15ClFN5O4/c20-17-5-2-6-18(21)16(17)12-30-15-4-1-3-13(7-15)8-22-24-19(27)11-25-10-14(9-23-25)26(28)29/h1-10H,11-12H2,(H,24,27). The molecule has 30 heavy (non-hydrogen) atoms. The first-order valence-electron chi connectivity index (χ1n) is 8.57. The lowest BCUT2D eigenvalue weighted by Gasteiger charge is -2.09. The number of nitrogens with zero attached hydrogens (tertiary/aromatic N) is 4. The highest BCUT2D eigenvalue weighted by Gasteiger charge is 2.11. The van der Waals surface area contributed by atoms with E-state index in [4.69, 9.17) is 16.3 Å². The maximum atomic E-state index is 13.8. The summed E-state index contributed by atoms with van der Waals surface area (Å²) >= 11 is 5.98. The third kappa shape index (κ3) is 5.61. The first kappa shape index (κ1) is 20.9. The van der Waals surface area contributed by atoms with Crippen LogP contribution in [0.1, 0.15) is 11.1 Å². The molecular weight excluding hydrogens is 417 g/mol. The third-order valence-electron chi connectivity index (χ3n) is 3.84. The van der Waals surface area contributed by atoms with Crippen molar-refractivity contribution in [3.05, 3.63) is 86.9 Å². The van der Waals surface area contributed by atoms with Gasteiger partial charge in [0.05, 0.1) is 16.2 Å². The van der Waals surface area contributed by atoms with Gasteiger partial charge in [-0.05, 0) is 29.8 Å². The highest BCUT2D eigenvalue weighted by molar-refractivity contribution is 6.31. The van der Waals surface area contributed by atoms with Crippen molar-refractivity contribution in [3.63, 3.8) is 0 Å². The topological polar surface area (TPSA) is 112 Å². The molecule has 1 aromatic heterocycles. The Balaban J connectivity index is 1.54. The molecule has 0 fully saturated rings. The molecule has 2 aromatic carbocycles. The normalized spacial score (nSPS) is 10.9. The zero-order valence-corrected chi connectivity index (χ0v) is 16.1. The molecule has 0 bridgehead atoms. The van der Waals surface area contributed by atoms with E-state index in [9.17, 15) is 19.3 Å². The summed E-state index contributed by atoms with van der Waals surface area (Å²) in [4.78, 5) is 21.9. The molecule has 1 amide bonds. The third-order valence-corrected chi connectivity index (χ3v) is 4.20. The summed E-state index contributed by atoms with van der Waals surface area (Å²) in [5.41, 5.74) is 2.97. The molecule has 3 aromatic rings. The zero-order valence-electron chi connectivity index (χ0n) is 15.4. The van der Waals surface area contributed by atoms with E-state index in [1.54, 1.807) is 30.3 Å². The molecule has 11 heteroatoms. The van der Waals surface area contributed by atoms with Crippen molar-refractivity contribution < 1.29 is 18.8 Å². The minimum Gasteiger partial charge on any atom is -0.489 e. The van der Waals surface area contributed by atoms with Crippen LogP contribution in [0.5, 0.6) is 5.75 Å². The summed E-state index contributed by atoms with van der Waals surface area (Å²) in [7, 11) is 0. The number of aromatic nitrogens is 2. The second-order valence-electron chi connectivity index (χ2n) is 6.01. The Morgan fingerprint density at radius 1 is 1.37 bits per heavy atom. The number of halogens is 2. The lowest BCUT2D eigenvalue weighted by molar-refractivity contribution is -0.385. The fraction of sp³-hybridized carbons (Fsp3) is 0.105. The van der Waals surface area contributed by atoms with E-state index in [2.05, 4.69) is 15.6 Å². The number of carbonyl (C=O) groups excluding carboxylic acids is 1. The number of nitrogens with one attached hydrogen (secondary N) is 1. The molecule has 0 saturated heterocycles. The summed E-state index contributed by atoms with van der Waals surface area (Å²) < 4.78 is 20.5. The zero-order chi connectivity index (χ0) is 21.5. The molecule has 0 aliphatic heterocycles. The molecule has 3 rings (SSSR count). The number of carbonyl (C=O) groups is 1. The molecule has 0 aliphatic rings. The predicted molar refractivity (Wildman–Crippen MR) is 107 cm³/mol. The molecule has 0 radical (unpaired) electrons. The molecule has 1 heterocycles. The molecule has 154 valence electrons. The van der Waals surface area contributed by atoms with E-state index in [-0.39, 0.29) is 29.4 Å². The quantitative estimate of drug-likeness (QED) is 0.334. The predicted octanol–water partition coefficient (Wildman–Crippen LogP) is 3.31. The van der Waals surface area contributed by atoms with Crippen LogP contribution in [0.2, 0.25) is 5.02 Å². The van der Waals surface area contributed by atoms with Crippen LogP contribution >= 0.6 is 11.6 Å². The van der Waals surface area contributed by atoms with Crippen molar-refractivity contribution in [1.82, 2.24) is 15.2 Å². The van der Waals surface area contributed by atoms with Crippen molar-refractivity contribution in [2.45, 2.75) is 13.2 Å². The van der Waals surface area contributed by atoms with Crippen LogP contribution in [0.15, 0.2) is 60.0 Å². The van der Waals surface area contributed by atoms with E-state index in [0.29, 0.717) is 11.3 Å². The van der Waals surface area contributed by atoms with Crippen LogP contribution in [0.4, 0.5) is 10.1 Å². The van der Waals surface area contributed by atoms with Crippen LogP contribution in [-0.4, -0.2) is 26.8 Å². The molecule has 0 spiro atoms. The average Bonchev–Trinajstić information content (AvgIpc) is 3.17. The minimum atomic E-state index is -0.602. The Morgan fingerprint density at radius 2 is 2.17 bits per heavy atom. The molecule has 0 unspecified atom stereocenters. The average molecular weight is 432 g/mol. The Labute approximate surface area is 174 Å². The number of nitro groups is 1. The lowest BCUT2D eigenvalue weighted by Crippen LogP contribution is -2.23. The van der Waals surface area contributed by atoms with Gasteiger partial charge < -0.3 is 4.74 Å². The van der Waals surface area contributed by atoms with Gasteiger partial charge >= 0.3 is 5.69 Å². The van der Waals surface area contributed by atoms with Gasteiger partial charge in [-0.1, -0.05) is 29.8 Å². The van der Waals surface area contributed by atoms with Gasteiger partial charge in [-0.15, -0.1) is 0 Å². The highest BCUT2D eigenvalue weighted by Crippen LogP contribution is 2.21.